The summed E-state index contributed by atoms with van der Waals surface area (Å²) >= 11 is 0. The minimum absolute atomic E-state index is 0.468. The molecule has 1 atom stereocenters. The van der Waals surface area contributed by atoms with Gasteiger partial charge in [-0.15, -0.1) is 0 Å². The predicted octanol–water partition coefficient (Wildman–Crippen LogP) is 2.46. The topological polar surface area (TPSA) is 44.3 Å². The fourth-order valence-corrected chi connectivity index (χ4v) is 2.20. The Morgan fingerprint density at radius 3 is 2.89 bits per heavy atom. The summed E-state index contributed by atoms with van der Waals surface area (Å²) in [5.41, 5.74) is 2.34. The molecule has 2 heterocycles. The lowest BCUT2D eigenvalue weighted by atomic mass is 10.0. The SMILES string of the molecule is CC1CN(c2ccccc2)N=C1Cc1ncc[nH]1. The summed E-state index contributed by atoms with van der Waals surface area (Å²) < 4.78 is 0. The number of hydrogen-bond acceptors (Lipinski definition) is 3. The van der Waals surface area contributed by atoms with Gasteiger partial charge in [0.05, 0.1) is 11.4 Å². The van der Waals surface area contributed by atoms with Crippen molar-refractivity contribution in [2.45, 2.75) is 13.3 Å². The van der Waals surface area contributed by atoms with Crippen LogP contribution in [0.2, 0.25) is 0 Å². The highest BCUT2D eigenvalue weighted by Crippen LogP contribution is 2.22. The summed E-state index contributed by atoms with van der Waals surface area (Å²) in [6.07, 6.45) is 4.44. The first kappa shape index (κ1) is 11.0. The van der Waals surface area contributed by atoms with E-state index in [0.717, 1.165) is 24.5 Å². The van der Waals surface area contributed by atoms with Gasteiger partial charge < -0.3 is 4.98 Å². The van der Waals surface area contributed by atoms with Gasteiger partial charge in [0.1, 0.15) is 5.82 Å². The van der Waals surface area contributed by atoms with Gasteiger partial charge in [-0.3, -0.25) is 5.01 Å². The van der Waals surface area contributed by atoms with Crippen LogP contribution in [0.15, 0.2) is 47.8 Å². The minimum atomic E-state index is 0.468. The molecule has 0 amide bonds. The van der Waals surface area contributed by atoms with Gasteiger partial charge in [0.2, 0.25) is 0 Å². The maximum atomic E-state index is 4.70. The molecule has 0 radical (unpaired) electrons. The molecule has 0 fully saturated rings. The standard InChI is InChI=1S/C14H16N4/c1-11-10-18(12-5-3-2-4-6-12)17-13(11)9-14-15-7-8-16-14/h2-8,11H,9-10H2,1H3,(H,15,16). The number of aromatic amines is 1. The number of rotatable bonds is 3. The lowest BCUT2D eigenvalue weighted by molar-refractivity contribution is 0.769. The summed E-state index contributed by atoms with van der Waals surface area (Å²) in [7, 11) is 0. The van der Waals surface area contributed by atoms with E-state index in [4.69, 9.17) is 5.10 Å². The molecule has 4 heteroatoms. The molecule has 4 nitrogen and oxygen atoms in total. The average Bonchev–Trinajstić information content (AvgIpc) is 3.02. The van der Waals surface area contributed by atoms with E-state index in [-0.39, 0.29) is 0 Å². The Labute approximate surface area is 106 Å². The first-order chi connectivity index (χ1) is 8.83. The zero-order chi connectivity index (χ0) is 12.4. The summed E-state index contributed by atoms with van der Waals surface area (Å²) in [5, 5.41) is 6.78. The number of H-pyrrole nitrogens is 1. The van der Waals surface area contributed by atoms with Crippen molar-refractivity contribution in [2.24, 2.45) is 11.0 Å². The molecule has 0 saturated heterocycles. The van der Waals surface area contributed by atoms with E-state index in [1.165, 1.54) is 5.71 Å². The van der Waals surface area contributed by atoms with Gasteiger partial charge in [-0.25, -0.2) is 4.98 Å². The largest absolute Gasteiger partial charge is 0.348 e. The normalized spacial score (nSPS) is 19.1. The van der Waals surface area contributed by atoms with Crippen molar-refractivity contribution in [1.29, 1.82) is 0 Å². The van der Waals surface area contributed by atoms with E-state index in [0.29, 0.717) is 5.92 Å². The third kappa shape index (κ3) is 2.14. The maximum absolute atomic E-state index is 4.70. The highest BCUT2D eigenvalue weighted by Gasteiger charge is 2.24. The van der Waals surface area contributed by atoms with E-state index in [2.05, 4.69) is 34.0 Å². The fraction of sp³-hybridized carbons (Fsp3) is 0.286. The first-order valence-electron chi connectivity index (χ1n) is 6.21. The van der Waals surface area contributed by atoms with Crippen LogP contribution in [0.25, 0.3) is 0 Å². The minimum Gasteiger partial charge on any atom is -0.348 e. The summed E-state index contributed by atoms with van der Waals surface area (Å²) in [6.45, 7) is 3.16. The highest BCUT2D eigenvalue weighted by atomic mass is 15.5. The monoisotopic (exact) mass is 240 g/mol. The Kier molecular flexibility index (Phi) is 2.84. The number of para-hydroxylation sites is 1. The number of nitrogens with zero attached hydrogens (tertiary/aromatic N) is 3. The molecular formula is C14H16N4. The van der Waals surface area contributed by atoms with Crippen LogP contribution in [0.1, 0.15) is 12.7 Å². The van der Waals surface area contributed by atoms with E-state index in [1.54, 1.807) is 6.20 Å². The maximum Gasteiger partial charge on any atom is 0.111 e. The fourth-order valence-electron chi connectivity index (χ4n) is 2.20. The molecule has 92 valence electrons. The van der Waals surface area contributed by atoms with E-state index < -0.39 is 0 Å². The van der Waals surface area contributed by atoms with Crippen molar-refractivity contribution in [2.75, 3.05) is 11.6 Å². The molecule has 1 unspecified atom stereocenters. The molecule has 1 aromatic heterocycles. The lowest BCUT2D eigenvalue weighted by Gasteiger charge is -2.13. The van der Waals surface area contributed by atoms with Crippen LogP contribution in [0.4, 0.5) is 5.69 Å². The number of hydrazone groups is 1. The van der Waals surface area contributed by atoms with Crippen LogP contribution >= 0.6 is 0 Å². The Balaban J connectivity index is 1.79. The number of hydrogen-bond donors (Lipinski definition) is 1. The molecule has 3 rings (SSSR count). The highest BCUT2D eigenvalue weighted by molar-refractivity contribution is 5.91. The van der Waals surface area contributed by atoms with E-state index >= 15 is 0 Å². The third-order valence-electron chi connectivity index (χ3n) is 3.22. The van der Waals surface area contributed by atoms with Crippen LogP contribution in [0.5, 0.6) is 0 Å². The zero-order valence-corrected chi connectivity index (χ0v) is 10.4. The van der Waals surface area contributed by atoms with Gasteiger partial charge in [-0.2, -0.15) is 5.10 Å². The van der Waals surface area contributed by atoms with Crippen LogP contribution in [-0.2, 0) is 6.42 Å². The van der Waals surface area contributed by atoms with Crippen molar-refractivity contribution in [1.82, 2.24) is 9.97 Å². The lowest BCUT2D eigenvalue weighted by Crippen LogP contribution is -2.17. The van der Waals surface area contributed by atoms with Gasteiger partial charge in [0.15, 0.2) is 0 Å². The Hall–Kier alpha value is -2.10. The average molecular weight is 240 g/mol. The molecule has 1 aromatic carbocycles. The number of aromatic nitrogens is 2. The Morgan fingerprint density at radius 1 is 1.33 bits per heavy atom. The van der Waals surface area contributed by atoms with Crippen LogP contribution < -0.4 is 5.01 Å². The number of anilines is 1. The van der Waals surface area contributed by atoms with Gasteiger partial charge in [0.25, 0.3) is 0 Å². The summed E-state index contributed by atoms with van der Waals surface area (Å²) in [6, 6.07) is 10.3. The number of nitrogens with one attached hydrogen (secondary N) is 1. The van der Waals surface area contributed by atoms with Gasteiger partial charge >= 0.3 is 0 Å². The molecule has 1 aliphatic rings. The van der Waals surface area contributed by atoms with Gasteiger partial charge in [0, 0.05) is 31.3 Å². The zero-order valence-electron chi connectivity index (χ0n) is 10.4. The molecule has 1 aliphatic heterocycles. The Bertz CT molecular complexity index is 530. The summed E-state index contributed by atoms with van der Waals surface area (Å²) in [5.74, 6) is 1.45. The van der Waals surface area contributed by atoms with Crippen molar-refractivity contribution in [3.63, 3.8) is 0 Å². The molecule has 2 aromatic rings. The second-order valence-corrected chi connectivity index (χ2v) is 4.62. The van der Waals surface area contributed by atoms with Crippen LogP contribution in [0, 0.1) is 5.92 Å². The van der Waals surface area contributed by atoms with E-state index in [1.807, 2.05) is 24.4 Å². The number of imidazole rings is 1. The van der Waals surface area contributed by atoms with Crippen LogP contribution in [0.3, 0.4) is 0 Å². The quantitative estimate of drug-likeness (QED) is 0.895. The Morgan fingerprint density at radius 2 is 2.17 bits per heavy atom. The molecular weight excluding hydrogens is 224 g/mol. The number of benzene rings is 1. The second-order valence-electron chi connectivity index (χ2n) is 4.62. The van der Waals surface area contributed by atoms with Crippen LogP contribution in [-0.4, -0.2) is 22.2 Å². The first-order valence-corrected chi connectivity index (χ1v) is 6.21. The van der Waals surface area contributed by atoms with Crippen molar-refractivity contribution < 1.29 is 0 Å². The smallest absolute Gasteiger partial charge is 0.111 e. The van der Waals surface area contributed by atoms with Gasteiger partial charge in [-0.05, 0) is 12.1 Å². The molecule has 0 aliphatic carbocycles. The molecule has 1 N–H and O–H groups in total. The van der Waals surface area contributed by atoms with Crippen molar-refractivity contribution in [3.05, 3.63) is 48.5 Å². The molecule has 18 heavy (non-hydrogen) atoms. The predicted molar refractivity (Wildman–Crippen MR) is 72.7 cm³/mol. The second kappa shape index (κ2) is 4.64. The molecule has 0 saturated carbocycles. The van der Waals surface area contributed by atoms with Gasteiger partial charge in [-0.1, -0.05) is 25.1 Å². The molecule has 0 spiro atoms. The van der Waals surface area contributed by atoms with Crippen molar-refractivity contribution in [3.8, 4) is 0 Å². The third-order valence-corrected chi connectivity index (χ3v) is 3.22. The van der Waals surface area contributed by atoms with E-state index in [9.17, 15) is 0 Å². The summed E-state index contributed by atoms with van der Waals surface area (Å²) in [4.78, 5) is 7.39. The molecule has 0 bridgehead atoms. The van der Waals surface area contributed by atoms with Crippen molar-refractivity contribution >= 4 is 11.4 Å².